The molecule has 1 aliphatic rings. The lowest BCUT2D eigenvalue weighted by Crippen LogP contribution is -2.26. The molecule has 0 saturated heterocycles. The van der Waals surface area contributed by atoms with E-state index in [0.717, 1.165) is 16.7 Å². The molecule has 1 fully saturated rings. The van der Waals surface area contributed by atoms with Crippen molar-refractivity contribution in [3.05, 3.63) is 77.4 Å². The average Bonchev–Trinajstić information content (AvgIpc) is 2.61. The van der Waals surface area contributed by atoms with Crippen LogP contribution in [0.2, 0.25) is 0 Å². The SMILES string of the molecule is CC(C)(C)CC(=C1C(=O)CC(c2ccccc2)CC1=O)c1ccccc1. The first kappa shape index (κ1) is 18.3. The van der Waals surface area contributed by atoms with Crippen LogP contribution in [0.3, 0.4) is 0 Å². The molecule has 0 radical (unpaired) electrons. The van der Waals surface area contributed by atoms with E-state index in [1.165, 1.54) is 0 Å². The van der Waals surface area contributed by atoms with Crippen molar-refractivity contribution in [3.63, 3.8) is 0 Å². The number of carbonyl (C=O) groups is 2. The Labute approximate surface area is 155 Å². The monoisotopic (exact) mass is 346 g/mol. The van der Waals surface area contributed by atoms with Gasteiger partial charge < -0.3 is 0 Å². The van der Waals surface area contributed by atoms with Crippen LogP contribution in [-0.4, -0.2) is 11.6 Å². The summed E-state index contributed by atoms with van der Waals surface area (Å²) in [7, 11) is 0. The molecular weight excluding hydrogens is 320 g/mol. The Morgan fingerprint density at radius 2 is 1.35 bits per heavy atom. The van der Waals surface area contributed by atoms with Gasteiger partial charge in [-0.15, -0.1) is 0 Å². The first-order chi connectivity index (χ1) is 12.3. The molecule has 0 heterocycles. The van der Waals surface area contributed by atoms with E-state index in [-0.39, 0.29) is 22.9 Å². The summed E-state index contributed by atoms with van der Waals surface area (Å²) in [5.41, 5.74) is 3.38. The molecule has 1 saturated carbocycles. The zero-order valence-electron chi connectivity index (χ0n) is 15.8. The van der Waals surface area contributed by atoms with E-state index in [9.17, 15) is 9.59 Å². The highest BCUT2D eigenvalue weighted by Crippen LogP contribution is 2.38. The fourth-order valence-electron chi connectivity index (χ4n) is 3.68. The molecule has 2 heteroatoms. The maximum Gasteiger partial charge on any atom is 0.167 e. The van der Waals surface area contributed by atoms with E-state index in [1.807, 2.05) is 60.7 Å². The second-order valence-electron chi connectivity index (χ2n) is 8.32. The molecule has 0 amide bonds. The van der Waals surface area contributed by atoms with Gasteiger partial charge in [-0.2, -0.15) is 0 Å². The highest BCUT2D eigenvalue weighted by Gasteiger charge is 2.34. The van der Waals surface area contributed by atoms with E-state index in [0.29, 0.717) is 24.8 Å². The van der Waals surface area contributed by atoms with Crippen LogP contribution in [0.15, 0.2) is 66.2 Å². The van der Waals surface area contributed by atoms with Crippen molar-refractivity contribution in [2.75, 3.05) is 0 Å². The quantitative estimate of drug-likeness (QED) is 0.536. The number of Topliss-reactive ketones (excluding diaryl/α,β-unsaturated/α-hetero) is 2. The smallest absolute Gasteiger partial charge is 0.167 e. The van der Waals surface area contributed by atoms with Crippen LogP contribution in [0.4, 0.5) is 0 Å². The molecular formula is C24H26O2. The average molecular weight is 346 g/mol. The van der Waals surface area contributed by atoms with E-state index in [2.05, 4.69) is 20.8 Å². The molecule has 1 aliphatic carbocycles. The second-order valence-corrected chi connectivity index (χ2v) is 8.32. The van der Waals surface area contributed by atoms with E-state index in [1.54, 1.807) is 0 Å². The highest BCUT2D eigenvalue weighted by atomic mass is 16.1. The molecule has 134 valence electrons. The molecule has 26 heavy (non-hydrogen) atoms. The lowest BCUT2D eigenvalue weighted by atomic mass is 9.75. The number of hydrogen-bond donors (Lipinski definition) is 0. The van der Waals surface area contributed by atoms with Gasteiger partial charge in [0.2, 0.25) is 0 Å². The Bertz CT molecular complexity index is 804. The van der Waals surface area contributed by atoms with Crippen molar-refractivity contribution in [1.29, 1.82) is 0 Å². The molecule has 3 rings (SSSR count). The van der Waals surface area contributed by atoms with Crippen molar-refractivity contribution in [3.8, 4) is 0 Å². The van der Waals surface area contributed by atoms with Crippen LogP contribution >= 0.6 is 0 Å². The molecule has 0 N–H and O–H groups in total. The Morgan fingerprint density at radius 3 is 1.85 bits per heavy atom. The van der Waals surface area contributed by atoms with Gasteiger partial charge in [0.05, 0.1) is 5.57 Å². The number of carbonyl (C=O) groups excluding carboxylic acids is 2. The first-order valence-corrected chi connectivity index (χ1v) is 9.25. The summed E-state index contributed by atoms with van der Waals surface area (Å²) in [5, 5.41) is 0. The van der Waals surface area contributed by atoms with Crippen molar-refractivity contribution >= 4 is 17.1 Å². The zero-order valence-corrected chi connectivity index (χ0v) is 15.8. The van der Waals surface area contributed by atoms with E-state index >= 15 is 0 Å². The third kappa shape index (κ3) is 4.19. The second kappa shape index (κ2) is 7.41. The predicted octanol–water partition coefficient (Wildman–Crippen LogP) is 5.59. The number of ketones is 2. The van der Waals surface area contributed by atoms with Crippen LogP contribution in [-0.2, 0) is 9.59 Å². The highest BCUT2D eigenvalue weighted by molar-refractivity contribution is 6.27. The van der Waals surface area contributed by atoms with Crippen LogP contribution in [0.25, 0.3) is 5.57 Å². The van der Waals surface area contributed by atoms with Crippen LogP contribution < -0.4 is 0 Å². The van der Waals surface area contributed by atoms with Gasteiger partial charge in [-0.3, -0.25) is 9.59 Å². The van der Waals surface area contributed by atoms with Crippen LogP contribution in [0.1, 0.15) is 57.1 Å². The minimum atomic E-state index is -0.0155. The minimum Gasteiger partial charge on any atom is -0.294 e. The summed E-state index contributed by atoms with van der Waals surface area (Å²) < 4.78 is 0. The topological polar surface area (TPSA) is 34.1 Å². The Balaban J connectivity index is 2.01. The number of rotatable bonds is 3. The Hall–Kier alpha value is -2.48. The minimum absolute atomic E-state index is 0.00495. The summed E-state index contributed by atoms with van der Waals surface area (Å²) in [6.45, 7) is 6.42. The van der Waals surface area contributed by atoms with Gasteiger partial charge in [-0.05, 0) is 34.5 Å². The lowest BCUT2D eigenvalue weighted by Gasteiger charge is -2.27. The van der Waals surface area contributed by atoms with Gasteiger partial charge in [-0.25, -0.2) is 0 Å². The fourth-order valence-corrected chi connectivity index (χ4v) is 3.68. The first-order valence-electron chi connectivity index (χ1n) is 9.25. The summed E-state index contributed by atoms with van der Waals surface area (Å²) in [4.78, 5) is 26.0. The lowest BCUT2D eigenvalue weighted by molar-refractivity contribution is -0.124. The molecule has 2 nitrogen and oxygen atoms in total. The van der Waals surface area contributed by atoms with Gasteiger partial charge in [0.1, 0.15) is 0 Å². The summed E-state index contributed by atoms with van der Waals surface area (Å²) in [6.07, 6.45) is 1.52. The van der Waals surface area contributed by atoms with E-state index < -0.39 is 0 Å². The van der Waals surface area contributed by atoms with Gasteiger partial charge in [0, 0.05) is 12.8 Å². The maximum absolute atomic E-state index is 13.0. The zero-order chi connectivity index (χ0) is 18.7. The van der Waals surface area contributed by atoms with Crippen LogP contribution in [0.5, 0.6) is 0 Å². The maximum atomic E-state index is 13.0. The Morgan fingerprint density at radius 1 is 0.846 bits per heavy atom. The molecule has 0 bridgehead atoms. The van der Waals surface area contributed by atoms with E-state index in [4.69, 9.17) is 0 Å². The van der Waals surface area contributed by atoms with Gasteiger partial charge in [0.25, 0.3) is 0 Å². The molecule has 0 aliphatic heterocycles. The molecule has 0 atom stereocenters. The largest absolute Gasteiger partial charge is 0.294 e. The summed E-state index contributed by atoms with van der Waals surface area (Å²) in [6, 6.07) is 19.8. The number of allylic oxidation sites excluding steroid dienone is 2. The Kier molecular flexibility index (Phi) is 5.22. The van der Waals surface area contributed by atoms with Gasteiger partial charge >= 0.3 is 0 Å². The third-order valence-corrected chi connectivity index (χ3v) is 4.82. The van der Waals surface area contributed by atoms with Crippen molar-refractivity contribution in [1.82, 2.24) is 0 Å². The molecule has 0 aromatic heterocycles. The third-order valence-electron chi connectivity index (χ3n) is 4.82. The fraction of sp³-hybridized carbons (Fsp3) is 0.333. The molecule has 2 aromatic rings. The number of benzene rings is 2. The van der Waals surface area contributed by atoms with Crippen molar-refractivity contribution in [2.45, 2.75) is 46.0 Å². The number of hydrogen-bond acceptors (Lipinski definition) is 2. The van der Waals surface area contributed by atoms with Crippen molar-refractivity contribution < 1.29 is 9.59 Å². The van der Waals surface area contributed by atoms with Crippen molar-refractivity contribution in [2.24, 2.45) is 5.41 Å². The van der Waals surface area contributed by atoms with Crippen LogP contribution in [0, 0.1) is 5.41 Å². The summed E-state index contributed by atoms with van der Waals surface area (Å²) >= 11 is 0. The molecule has 2 aromatic carbocycles. The predicted molar refractivity (Wildman–Crippen MR) is 106 cm³/mol. The molecule has 0 spiro atoms. The molecule has 0 unspecified atom stereocenters. The van der Waals surface area contributed by atoms with Gasteiger partial charge in [-0.1, -0.05) is 81.4 Å². The van der Waals surface area contributed by atoms with Gasteiger partial charge in [0.15, 0.2) is 11.6 Å². The summed E-state index contributed by atoms with van der Waals surface area (Å²) in [5.74, 6) is -0.0389. The normalized spacial score (nSPS) is 18.1. The standard InChI is InChI=1S/C24H26O2/c1-24(2,3)16-20(18-12-8-5-9-13-18)23-21(25)14-19(15-22(23)26)17-10-6-4-7-11-17/h4-13,19H,14-16H2,1-3H3.